The number of hydrogen-bond acceptors (Lipinski definition) is 3. The van der Waals surface area contributed by atoms with Crippen LogP contribution in [0, 0.1) is 0 Å². The molecule has 0 aliphatic carbocycles. The molecule has 0 saturated carbocycles. The van der Waals surface area contributed by atoms with Crippen molar-refractivity contribution < 1.29 is 13.6 Å². The van der Waals surface area contributed by atoms with Gasteiger partial charge in [0.05, 0.1) is 19.4 Å². The second kappa shape index (κ2) is 34.1. The van der Waals surface area contributed by atoms with E-state index in [1.54, 1.807) is 0 Å². The molecule has 0 saturated heterocycles. The van der Waals surface area contributed by atoms with E-state index < -0.39 is 7.60 Å². The SMILES string of the molecule is CCCCCCCCCCCCCCCCOP(=O)(CCCBr)OCCCCCCCCCCCCCCCC. The third-order valence-electron chi connectivity index (χ3n) is 8.14. The van der Waals surface area contributed by atoms with E-state index in [0.29, 0.717) is 19.4 Å². The highest BCUT2D eigenvalue weighted by atomic mass is 79.9. The lowest BCUT2D eigenvalue weighted by molar-refractivity contribution is 0.197. The molecule has 3 nitrogen and oxygen atoms in total. The number of rotatable bonds is 35. The van der Waals surface area contributed by atoms with Gasteiger partial charge < -0.3 is 9.05 Å². The fourth-order valence-electron chi connectivity index (χ4n) is 5.42. The van der Waals surface area contributed by atoms with Crippen LogP contribution in [0.25, 0.3) is 0 Å². The lowest BCUT2D eigenvalue weighted by Crippen LogP contribution is -2.04. The number of halogens is 1. The molecule has 0 heterocycles. The molecule has 0 aromatic heterocycles. The number of alkyl halides is 1. The standard InChI is InChI=1S/C35H72BrO3P/c1-3-5-7-9-11-13-15-17-19-21-23-25-27-29-33-38-40(37,35-31-32-36)39-34-30-28-26-24-22-20-18-16-14-12-10-8-6-4-2/h3-35H2,1-2H3. The maximum Gasteiger partial charge on any atom is 0.330 e. The molecular weight excluding hydrogens is 579 g/mol. The van der Waals surface area contributed by atoms with Crippen LogP contribution in [0.4, 0.5) is 0 Å². The van der Waals surface area contributed by atoms with E-state index in [1.165, 1.54) is 167 Å². The largest absolute Gasteiger partial charge is 0.330 e. The van der Waals surface area contributed by atoms with E-state index in [4.69, 9.17) is 9.05 Å². The van der Waals surface area contributed by atoms with Crippen molar-refractivity contribution >= 4 is 23.5 Å². The molecule has 40 heavy (non-hydrogen) atoms. The molecule has 0 aromatic rings. The van der Waals surface area contributed by atoms with Gasteiger partial charge in [-0.3, -0.25) is 4.57 Å². The third kappa shape index (κ3) is 31.6. The van der Waals surface area contributed by atoms with Crippen LogP contribution < -0.4 is 0 Å². The van der Waals surface area contributed by atoms with Crippen LogP contribution >= 0.6 is 23.5 Å². The fourth-order valence-corrected chi connectivity index (χ4v) is 7.83. The highest BCUT2D eigenvalue weighted by Gasteiger charge is 2.23. The third-order valence-corrected chi connectivity index (χ3v) is 10.7. The topological polar surface area (TPSA) is 35.5 Å². The van der Waals surface area contributed by atoms with Crippen molar-refractivity contribution in [1.82, 2.24) is 0 Å². The lowest BCUT2D eigenvalue weighted by atomic mass is 10.0. The van der Waals surface area contributed by atoms with Crippen molar-refractivity contribution in [3.63, 3.8) is 0 Å². The van der Waals surface area contributed by atoms with Gasteiger partial charge in [0.1, 0.15) is 0 Å². The number of unbranched alkanes of at least 4 members (excludes halogenated alkanes) is 26. The van der Waals surface area contributed by atoms with E-state index >= 15 is 0 Å². The van der Waals surface area contributed by atoms with Gasteiger partial charge in [0.2, 0.25) is 0 Å². The van der Waals surface area contributed by atoms with Gasteiger partial charge in [-0.15, -0.1) is 0 Å². The van der Waals surface area contributed by atoms with Crippen LogP contribution in [0.3, 0.4) is 0 Å². The number of hydrogen-bond donors (Lipinski definition) is 0. The normalized spacial score (nSPS) is 12.0. The van der Waals surface area contributed by atoms with Crippen LogP contribution in [-0.2, 0) is 13.6 Å². The molecule has 0 spiro atoms. The molecule has 0 rings (SSSR count). The zero-order valence-corrected chi connectivity index (χ0v) is 29.9. The van der Waals surface area contributed by atoms with Crippen molar-refractivity contribution in [2.75, 3.05) is 24.7 Å². The van der Waals surface area contributed by atoms with Crippen molar-refractivity contribution in [2.45, 2.75) is 200 Å². The Morgan fingerprint density at radius 3 is 0.900 bits per heavy atom. The predicted octanol–water partition coefficient (Wildman–Crippen LogP) is 14.0. The van der Waals surface area contributed by atoms with E-state index in [9.17, 15) is 4.57 Å². The first-order chi connectivity index (χ1) is 19.7. The Kier molecular flexibility index (Phi) is 34.7. The lowest BCUT2D eigenvalue weighted by Gasteiger charge is -2.18. The quantitative estimate of drug-likeness (QED) is 0.0389. The minimum absolute atomic E-state index is 0.537. The second-order valence-electron chi connectivity index (χ2n) is 12.2. The van der Waals surface area contributed by atoms with E-state index in [2.05, 4.69) is 29.8 Å². The van der Waals surface area contributed by atoms with Gasteiger partial charge in [0.25, 0.3) is 0 Å². The van der Waals surface area contributed by atoms with Crippen molar-refractivity contribution in [3.8, 4) is 0 Å². The molecule has 0 radical (unpaired) electrons. The Morgan fingerprint density at radius 1 is 0.400 bits per heavy atom. The first-order valence-electron chi connectivity index (χ1n) is 18.1. The fraction of sp³-hybridized carbons (Fsp3) is 1.00. The Balaban J connectivity index is 3.61. The molecule has 0 fully saturated rings. The van der Waals surface area contributed by atoms with Crippen LogP contribution in [0.1, 0.15) is 200 Å². The van der Waals surface area contributed by atoms with Crippen LogP contribution in [0.5, 0.6) is 0 Å². The molecular formula is C35H72BrO3P. The summed E-state index contributed by atoms with van der Waals surface area (Å²) in [4.78, 5) is 0. The maximum atomic E-state index is 13.2. The molecule has 0 aliphatic rings. The minimum atomic E-state index is -2.94. The molecule has 242 valence electrons. The summed E-state index contributed by atoms with van der Waals surface area (Å²) < 4.78 is 24.9. The zero-order valence-electron chi connectivity index (χ0n) is 27.4. The smallest absolute Gasteiger partial charge is 0.309 e. The van der Waals surface area contributed by atoms with Crippen molar-refractivity contribution in [1.29, 1.82) is 0 Å². The predicted molar refractivity (Wildman–Crippen MR) is 183 cm³/mol. The van der Waals surface area contributed by atoms with Crippen LogP contribution in [0.15, 0.2) is 0 Å². The van der Waals surface area contributed by atoms with Gasteiger partial charge in [0, 0.05) is 5.33 Å². The highest BCUT2D eigenvalue weighted by Crippen LogP contribution is 2.49. The Labute approximate surface area is 261 Å². The Morgan fingerprint density at radius 2 is 0.650 bits per heavy atom. The maximum absolute atomic E-state index is 13.2. The van der Waals surface area contributed by atoms with Gasteiger partial charge in [-0.05, 0) is 19.3 Å². The average Bonchev–Trinajstić information content (AvgIpc) is 2.96. The van der Waals surface area contributed by atoms with Gasteiger partial charge in [-0.2, -0.15) is 0 Å². The monoisotopic (exact) mass is 650 g/mol. The first-order valence-corrected chi connectivity index (χ1v) is 21.0. The van der Waals surface area contributed by atoms with Gasteiger partial charge in [0.15, 0.2) is 0 Å². The zero-order chi connectivity index (χ0) is 29.2. The molecule has 0 amide bonds. The molecule has 0 aromatic carbocycles. The first kappa shape index (κ1) is 40.6. The summed E-state index contributed by atoms with van der Waals surface area (Å²) in [6.45, 7) is 5.73. The van der Waals surface area contributed by atoms with Crippen molar-refractivity contribution in [3.05, 3.63) is 0 Å². The van der Waals surface area contributed by atoms with Gasteiger partial charge >= 0.3 is 7.60 Å². The summed E-state index contributed by atoms with van der Waals surface area (Å²) in [5, 5.41) is 0.849. The molecule has 0 bridgehead atoms. The van der Waals surface area contributed by atoms with E-state index in [0.717, 1.165) is 24.6 Å². The Hall–Kier alpha value is 0.630. The summed E-state index contributed by atoms with van der Waals surface area (Å²) >= 11 is 3.47. The average molecular weight is 652 g/mol. The molecule has 0 unspecified atom stereocenters. The van der Waals surface area contributed by atoms with E-state index in [-0.39, 0.29) is 0 Å². The highest BCUT2D eigenvalue weighted by molar-refractivity contribution is 9.09. The van der Waals surface area contributed by atoms with Crippen LogP contribution in [-0.4, -0.2) is 24.7 Å². The van der Waals surface area contributed by atoms with Gasteiger partial charge in [-0.1, -0.05) is 197 Å². The van der Waals surface area contributed by atoms with Crippen molar-refractivity contribution in [2.24, 2.45) is 0 Å². The summed E-state index contributed by atoms with van der Waals surface area (Å²) in [5.74, 6) is 0. The molecule has 0 aliphatic heterocycles. The molecule has 5 heteroatoms. The van der Waals surface area contributed by atoms with E-state index in [1.807, 2.05) is 0 Å². The molecule has 0 N–H and O–H groups in total. The minimum Gasteiger partial charge on any atom is -0.309 e. The second-order valence-corrected chi connectivity index (χ2v) is 15.2. The summed E-state index contributed by atoms with van der Waals surface area (Å²) in [6, 6.07) is 0. The summed E-state index contributed by atoms with van der Waals surface area (Å²) in [5.41, 5.74) is 0. The summed E-state index contributed by atoms with van der Waals surface area (Å²) in [6.07, 6.45) is 39.0. The molecule has 0 atom stereocenters. The van der Waals surface area contributed by atoms with Gasteiger partial charge in [-0.25, -0.2) is 0 Å². The summed E-state index contributed by atoms with van der Waals surface area (Å²) in [7, 11) is -2.94. The van der Waals surface area contributed by atoms with Crippen LogP contribution in [0.2, 0.25) is 0 Å². The Bertz CT molecular complexity index is 479.